The van der Waals surface area contributed by atoms with Crippen LogP contribution in [-0.2, 0) is 17.8 Å². The van der Waals surface area contributed by atoms with Gasteiger partial charge in [-0.25, -0.2) is 0 Å². The molecule has 1 aromatic heterocycles. The molecule has 0 unspecified atom stereocenters. The summed E-state index contributed by atoms with van der Waals surface area (Å²) in [5, 5.41) is 14.9. The first-order valence-electron chi connectivity index (χ1n) is 9.87. The molecule has 1 saturated heterocycles. The lowest BCUT2D eigenvalue weighted by molar-refractivity contribution is -0.130. The lowest BCUT2D eigenvalue weighted by Crippen LogP contribution is -2.50. The SMILES string of the molecule is CCNC(=NCCn1cnnc1CC)NC1CCN(CC(=O)N(C)C)CC1.I. The minimum Gasteiger partial charge on any atom is -0.357 e. The summed E-state index contributed by atoms with van der Waals surface area (Å²) in [7, 11) is 3.61. The van der Waals surface area contributed by atoms with Crippen LogP contribution in [0.25, 0.3) is 0 Å². The van der Waals surface area contributed by atoms with E-state index in [0.29, 0.717) is 19.1 Å². The summed E-state index contributed by atoms with van der Waals surface area (Å²) in [5.41, 5.74) is 0. The lowest BCUT2D eigenvalue weighted by Gasteiger charge is -2.33. The molecule has 1 aromatic rings. The highest BCUT2D eigenvalue weighted by Gasteiger charge is 2.22. The van der Waals surface area contributed by atoms with Crippen molar-refractivity contribution in [1.29, 1.82) is 0 Å². The van der Waals surface area contributed by atoms with Crippen molar-refractivity contribution in [3.8, 4) is 0 Å². The van der Waals surface area contributed by atoms with Crippen molar-refractivity contribution in [2.45, 2.75) is 45.7 Å². The predicted octanol–water partition coefficient (Wildman–Crippen LogP) is 0.566. The topological polar surface area (TPSA) is 90.7 Å². The Bertz CT molecular complexity index is 610. The second kappa shape index (κ2) is 12.9. The van der Waals surface area contributed by atoms with E-state index < -0.39 is 0 Å². The molecule has 28 heavy (non-hydrogen) atoms. The molecule has 160 valence electrons. The average Bonchev–Trinajstić information content (AvgIpc) is 3.11. The first kappa shape index (κ1) is 24.6. The number of aromatic nitrogens is 3. The smallest absolute Gasteiger partial charge is 0.236 e. The van der Waals surface area contributed by atoms with Crippen LogP contribution in [0.5, 0.6) is 0 Å². The zero-order valence-electron chi connectivity index (χ0n) is 17.5. The Kier molecular flexibility index (Phi) is 11.4. The summed E-state index contributed by atoms with van der Waals surface area (Å²) in [6.45, 7) is 8.79. The third-order valence-electron chi connectivity index (χ3n) is 4.75. The minimum absolute atomic E-state index is 0. The fourth-order valence-electron chi connectivity index (χ4n) is 3.09. The molecule has 0 radical (unpaired) electrons. The standard InChI is InChI=1S/C18H34N8O.HI/c1-5-16-23-21-14-26(16)12-9-20-18(19-6-2)22-15-7-10-25(11-8-15)13-17(27)24(3)4;/h14-15H,5-13H2,1-4H3,(H2,19,20,22);1H. The third kappa shape index (κ3) is 7.90. The quantitative estimate of drug-likeness (QED) is 0.305. The van der Waals surface area contributed by atoms with Crippen molar-refractivity contribution in [2.24, 2.45) is 4.99 Å². The van der Waals surface area contributed by atoms with Gasteiger partial charge in [0.15, 0.2) is 5.96 Å². The zero-order valence-corrected chi connectivity index (χ0v) is 19.8. The van der Waals surface area contributed by atoms with Gasteiger partial charge in [-0.3, -0.25) is 14.7 Å². The van der Waals surface area contributed by atoms with Gasteiger partial charge in [-0.2, -0.15) is 0 Å². The molecular formula is C18H35IN8O. The van der Waals surface area contributed by atoms with Crippen molar-refractivity contribution >= 4 is 35.8 Å². The predicted molar refractivity (Wildman–Crippen MR) is 122 cm³/mol. The molecule has 2 N–H and O–H groups in total. The van der Waals surface area contributed by atoms with Crippen LogP contribution in [0.4, 0.5) is 0 Å². The Balaban J connectivity index is 0.00000392. The van der Waals surface area contributed by atoms with E-state index >= 15 is 0 Å². The molecule has 0 atom stereocenters. The number of likely N-dealkylation sites (N-methyl/N-ethyl adjacent to an activating group) is 1. The van der Waals surface area contributed by atoms with Crippen LogP contribution < -0.4 is 10.6 Å². The molecule has 1 amide bonds. The summed E-state index contributed by atoms with van der Waals surface area (Å²) in [6.07, 6.45) is 4.66. The van der Waals surface area contributed by atoms with Crippen molar-refractivity contribution < 1.29 is 4.79 Å². The molecule has 0 bridgehead atoms. The molecule has 0 saturated carbocycles. The van der Waals surface area contributed by atoms with Crippen molar-refractivity contribution in [1.82, 2.24) is 35.2 Å². The summed E-state index contributed by atoms with van der Waals surface area (Å²) < 4.78 is 2.05. The van der Waals surface area contributed by atoms with Crippen LogP contribution in [0, 0.1) is 0 Å². The van der Waals surface area contributed by atoms with Crippen molar-refractivity contribution in [2.75, 3.05) is 46.8 Å². The van der Waals surface area contributed by atoms with Crippen LogP contribution in [0.3, 0.4) is 0 Å². The Labute approximate surface area is 185 Å². The van der Waals surface area contributed by atoms with E-state index in [9.17, 15) is 4.79 Å². The van der Waals surface area contributed by atoms with E-state index in [2.05, 4.69) is 39.6 Å². The molecule has 2 rings (SSSR count). The maximum Gasteiger partial charge on any atom is 0.236 e. The number of carbonyl (C=O) groups is 1. The lowest BCUT2D eigenvalue weighted by atomic mass is 10.1. The average molecular weight is 506 g/mol. The number of aliphatic imine (C=N–C) groups is 1. The van der Waals surface area contributed by atoms with E-state index in [1.165, 1.54) is 0 Å². The highest BCUT2D eigenvalue weighted by molar-refractivity contribution is 14.0. The number of likely N-dealkylation sites (tertiary alicyclic amines) is 1. The van der Waals surface area contributed by atoms with Crippen molar-refractivity contribution in [3.05, 3.63) is 12.2 Å². The number of nitrogens with one attached hydrogen (secondary N) is 2. The van der Waals surface area contributed by atoms with E-state index in [1.807, 2.05) is 4.57 Å². The van der Waals surface area contributed by atoms with Crippen LogP contribution >= 0.6 is 24.0 Å². The summed E-state index contributed by atoms with van der Waals surface area (Å²) in [5.74, 6) is 2.01. The van der Waals surface area contributed by atoms with Crippen LogP contribution in [0.1, 0.15) is 32.5 Å². The summed E-state index contributed by atoms with van der Waals surface area (Å²) >= 11 is 0. The van der Waals surface area contributed by atoms with E-state index in [4.69, 9.17) is 4.99 Å². The second-order valence-electron chi connectivity index (χ2n) is 7.04. The number of rotatable bonds is 8. The third-order valence-corrected chi connectivity index (χ3v) is 4.75. The number of piperidine rings is 1. The van der Waals surface area contributed by atoms with Crippen LogP contribution in [0.15, 0.2) is 11.3 Å². The molecule has 2 heterocycles. The molecule has 1 aliphatic heterocycles. The fourth-order valence-corrected chi connectivity index (χ4v) is 3.09. The Hall–Kier alpha value is -1.43. The van der Waals surface area contributed by atoms with Gasteiger partial charge in [0.2, 0.25) is 5.91 Å². The second-order valence-corrected chi connectivity index (χ2v) is 7.04. The van der Waals surface area contributed by atoms with Gasteiger partial charge >= 0.3 is 0 Å². The minimum atomic E-state index is 0. The van der Waals surface area contributed by atoms with Gasteiger partial charge in [0, 0.05) is 52.7 Å². The Morgan fingerprint density at radius 3 is 2.64 bits per heavy atom. The maximum atomic E-state index is 11.8. The van der Waals surface area contributed by atoms with Gasteiger partial charge in [0.25, 0.3) is 0 Å². The summed E-state index contributed by atoms with van der Waals surface area (Å²) in [4.78, 5) is 20.4. The van der Waals surface area contributed by atoms with Gasteiger partial charge in [0.1, 0.15) is 12.2 Å². The summed E-state index contributed by atoms with van der Waals surface area (Å²) in [6, 6.07) is 0.384. The number of amides is 1. The molecule has 9 nitrogen and oxygen atoms in total. The number of hydrogen-bond donors (Lipinski definition) is 2. The van der Waals surface area contributed by atoms with Gasteiger partial charge in [-0.05, 0) is 19.8 Å². The van der Waals surface area contributed by atoms with E-state index in [-0.39, 0.29) is 29.9 Å². The maximum absolute atomic E-state index is 11.8. The molecule has 0 aromatic carbocycles. The highest BCUT2D eigenvalue weighted by atomic mass is 127. The highest BCUT2D eigenvalue weighted by Crippen LogP contribution is 2.10. The van der Waals surface area contributed by atoms with E-state index in [0.717, 1.165) is 57.2 Å². The Morgan fingerprint density at radius 1 is 1.32 bits per heavy atom. The number of carbonyl (C=O) groups excluding carboxylic acids is 1. The van der Waals surface area contributed by atoms with Gasteiger partial charge in [-0.15, -0.1) is 34.2 Å². The van der Waals surface area contributed by atoms with Crippen LogP contribution in [-0.4, -0.2) is 89.3 Å². The number of nitrogens with zero attached hydrogens (tertiary/aromatic N) is 6. The van der Waals surface area contributed by atoms with Crippen LogP contribution in [0.2, 0.25) is 0 Å². The monoisotopic (exact) mass is 506 g/mol. The number of halogens is 1. The van der Waals surface area contributed by atoms with Gasteiger partial charge in [-0.1, -0.05) is 6.92 Å². The molecule has 0 aliphatic carbocycles. The fraction of sp³-hybridized carbons (Fsp3) is 0.778. The first-order chi connectivity index (χ1) is 13.0. The molecular weight excluding hydrogens is 471 g/mol. The molecule has 1 fully saturated rings. The number of guanidine groups is 1. The molecule has 1 aliphatic rings. The van der Waals surface area contributed by atoms with Crippen molar-refractivity contribution in [3.63, 3.8) is 0 Å². The van der Waals surface area contributed by atoms with Gasteiger partial charge < -0.3 is 20.1 Å². The molecule has 0 spiro atoms. The molecule has 10 heteroatoms. The number of hydrogen-bond acceptors (Lipinski definition) is 5. The largest absolute Gasteiger partial charge is 0.357 e. The zero-order chi connectivity index (χ0) is 19.6. The van der Waals surface area contributed by atoms with Gasteiger partial charge in [0.05, 0.1) is 13.1 Å². The Morgan fingerprint density at radius 2 is 2.04 bits per heavy atom. The number of aryl methyl sites for hydroxylation is 1. The first-order valence-corrected chi connectivity index (χ1v) is 9.87. The van der Waals surface area contributed by atoms with E-state index in [1.54, 1.807) is 25.3 Å². The normalized spacial score (nSPS) is 15.8.